The summed E-state index contributed by atoms with van der Waals surface area (Å²) in [6, 6.07) is 6.40. The molecule has 0 spiro atoms. The lowest BCUT2D eigenvalue weighted by molar-refractivity contribution is -0.126. The highest BCUT2D eigenvalue weighted by Gasteiger charge is 2.33. The third kappa shape index (κ3) is 4.47. The van der Waals surface area contributed by atoms with E-state index >= 15 is 0 Å². The van der Waals surface area contributed by atoms with Crippen LogP contribution in [0, 0.1) is 5.92 Å². The fraction of sp³-hybridized carbons (Fsp3) is 0.412. The number of nitrogens with one attached hydrogen (secondary N) is 1. The molecule has 26 heavy (non-hydrogen) atoms. The van der Waals surface area contributed by atoms with Gasteiger partial charge in [-0.15, -0.1) is 11.3 Å². The van der Waals surface area contributed by atoms with Crippen molar-refractivity contribution in [3.8, 4) is 0 Å². The van der Waals surface area contributed by atoms with E-state index in [1.807, 2.05) is 0 Å². The number of nitrogens with zero attached hydrogens (tertiary/aromatic N) is 1. The minimum absolute atomic E-state index is 0.0838. The van der Waals surface area contributed by atoms with E-state index in [-0.39, 0.29) is 16.7 Å². The van der Waals surface area contributed by atoms with Crippen LogP contribution in [-0.2, 0) is 26.0 Å². The summed E-state index contributed by atoms with van der Waals surface area (Å²) in [4.78, 5) is 17.6. The second-order valence-electron chi connectivity index (χ2n) is 6.24. The van der Waals surface area contributed by atoms with Gasteiger partial charge in [-0.2, -0.15) is 0 Å². The van der Waals surface area contributed by atoms with Gasteiger partial charge < -0.3 is 4.74 Å². The Balaban J connectivity index is 1.62. The molecule has 0 saturated carbocycles. The molecule has 0 radical (unpaired) electrons. The second-order valence-corrected chi connectivity index (χ2v) is 8.91. The highest BCUT2D eigenvalue weighted by Crippen LogP contribution is 2.27. The lowest BCUT2D eigenvalue weighted by Crippen LogP contribution is -2.32. The van der Waals surface area contributed by atoms with Gasteiger partial charge in [-0.05, 0) is 30.0 Å². The van der Waals surface area contributed by atoms with Gasteiger partial charge in [0.2, 0.25) is 10.0 Å². The predicted octanol–water partition coefficient (Wildman–Crippen LogP) is 2.13. The van der Waals surface area contributed by atoms with Crippen molar-refractivity contribution < 1.29 is 17.9 Å². The van der Waals surface area contributed by atoms with Gasteiger partial charge in [-0.25, -0.2) is 18.5 Å². The first-order valence-electron chi connectivity index (χ1n) is 8.35. The summed E-state index contributed by atoms with van der Waals surface area (Å²) in [5.74, 6) is 0.111. The molecular weight excluding hydrogens is 374 g/mol. The van der Waals surface area contributed by atoms with E-state index in [0.29, 0.717) is 18.2 Å². The molecule has 0 aliphatic carbocycles. The normalized spacial score (nSPS) is 20.2. The minimum atomic E-state index is -3.69. The number of nitrogens with two attached hydrogens (primary N) is 1. The zero-order valence-electron chi connectivity index (χ0n) is 14.3. The fourth-order valence-corrected chi connectivity index (χ4v) is 4.33. The minimum Gasteiger partial charge on any atom is -0.368 e. The number of thiazole rings is 1. The van der Waals surface area contributed by atoms with Gasteiger partial charge in [0.1, 0.15) is 6.10 Å². The third-order valence-corrected chi connectivity index (χ3v) is 6.25. The number of rotatable bonds is 6. The summed E-state index contributed by atoms with van der Waals surface area (Å²) in [7, 11) is -3.69. The van der Waals surface area contributed by atoms with Gasteiger partial charge in [-0.3, -0.25) is 10.1 Å². The van der Waals surface area contributed by atoms with E-state index in [9.17, 15) is 13.2 Å². The van der Waals surface area contributed by atoms with E-state index in [2.05, 4.69) is 17.2 Å². The molecule has 2 aromatic rings. The molecule has 0 bridgehead atoms. The summed E-state index contributed by atoms with van der Waals surface area (Å²) in [6.07, 6.45) is 3.72. The first kappa shape index (κ1) is 19.0. The molecule has 1 amide bonds. The van der Waals surface area contributed by atoms with Crippen LogP contribution in [0.3, 0.4) is 0 Å². The number of hydrogen-bond donors (Lipinski definition) is 2. The van der Waals surface area contributed by atoms with Crippen molar-refractivity contribution in [2.24, 2.45) is 11.1 Å². The highest BCUT2D eigenvalue weighted by atomic mass is 32.2. The number of amides is 1. The average Bonchev–Trinajstić information content (AvgIpc) is 3.23. The standard InChI is InChI=1S/C17H21N3O4S2/c1-2-12-7-8-24-15(12)16(21)20-17-19-10-13(25-17)9-11-3-5-14(6-4-11)26(18,22)23/h3-6,10,12,15H,2,7-9H2,1H3,(H2,18,22,23)(H,19,20,21)/t12-,15+/m1/s1. The Labute approximate surface area is 156 Å². The van der Waals surface area contributed by atoms with Crippen LogP contribution in [0.25, 0.3) is 0 Å². The highest BCUT2D eigenvalue weighted by molar-refractivity contribution is 7.89. The molecule has 7 nitrogen and oxygen atoms in total. The molecule has 1 aromatic carbocycles. The number of primary sulfonamides is 1. The van der Waals surface area contributed by atoms with E-state index < -0.39 is 16.1 Å². The third-order valence-electron chi connectivity index (χ3n) is 4.41. The molecule has 1 aliphatic heterocycles. The van der Waals surface area contributed by atoms with Crippen LogP contribution in [0.4, 0.5) is 5.13 Å². The van der Waals surface area contributed by atoms with Crippen molar-refractivity contribution in [3.05, 3.63) is 40.9 Å². The van der Waals surface area contributed by atoms with Crippen molar-refractivity contribution in [2.75, 3.05) is 11.9 Å². The molecule has 1 saturated heterocycles. The van der Waals surface area contributed by atoms with Gasteiger partial charge in [0.25, 0.3) is 5.91 Å². The first-order chi connectivity index (χ1) is 12.4. The average molecular weight is 396 g/mol. The number of ether oxygens (including phenoxy) is 1. The van der Waals surface area contributed by atoms with Crippen LogP contribution in [0.5, 0.6) is 0 Å². The molecule has 3 rings (SSSR count). The number of benzene rings is 1. The van der Waals surface area contributed by atoms with Crippen molar-refractivity contribution in [3.63, 3.8) is 0 Å². The Hall–Kier alpha value is -1.81. The zero-order chi connectivity index (χ0) is 18.7. The van der Waals surface area contributed by atoms with Crippen molar-refractivity contribution >= 4 is 32.4 Å². The lowest BCUT2D eigenvalue weighted by atomic mass is 9.98. The fourth-order valence-electron chi connectivity index (χ4n) is 2.96. The van der Waals surface area contributed by atoms with Crippen LogP contribution in [0.15, 0.2) is 35.4 Å². The molecule has 0 unspecified atom stereocenters. The molecule has 140 valence electrons. The Bertz CT molecular complexity index is 878. The predicted molar refractivity (Wildman–Crippen MR) is 99.5 cm³/mol. The van der Waals surface area contributed by atoms with E-state index in [1.54, 1.807) is 18.3 Å². The quantitative estimate of drug-likeness (QED) is 0.778. The van der Waals surface area contributed by atoms with Crippen LogP contribution < -0.4 is 10.5 Å². The van der Waals surface area contributed by atoms with Crippen LogP contribution in [0.2, 0.25) is 0 Å². The van der Waals surface area contributed by atoms with Gasteiger partial charge in [-0.1, -0.05) is 25.5 Å². The monoisotopic (exact) mass is 395 g/mol. The SMILES string of the molecule is CC[C@@H]1CCO[C@@H]1C(=O)Nc1ncc(Cc2ccc(S(N)(=O)=O)cc2)s1. The number of aromatic nitrogens is 1. The van der Waals surface area contributed by atoms with Gasteiger partial charge in [0, 0.05) is 24.1 Å². The molecule has 1 fully saturated rings. The van der Waals surface area contributed by atoms with Crippen LogP contribution in [-0.4, -0.2) is 32.0 Å². The largest absolute Gasteiger partial charge is 0.368 e. The molecule has 1 aliphatic rings. The van der Waals surface area contributed by atoms with Gasteiger partial charge in [0.05, 0.1) is 4.90 Å². The Morgan fingerprint density at radius 3 is 2.77 bits per heavy atom. The maximum absolute atomic E-state index is 12.3. The number of anilines is 1. The van der Waals surface area contributed by atoms with Crippen molar-refractivity contribution in [1.82, 2.24) is 4.98 Å². The number of hydrogen-bond acceptors (Lipinski definition) is 6. The number of carbonyl (C=O) groups excluding carboxylic acids is 1. The van der Waals surface area contributed by atoms with E-state index in [0.717, 1.165) is 23.3 Å². The van der Waals surface area contributed by atoms with Crippen molar-refractivity contribution in [2.45, 2.75) is 37.2 Å². The molecule has 2 atom stereocenters. The summed E-state index contributed by atoms with van der Waals surface area (Å²) in [6.45, 7) is 2.68. The Kier molecular flexibility index (Phi) is 5.71. The lowest BCUT2D eigenvalue weighted by Gasteiger charge is -2.15. The summed E-state index contributed by atoms with van der Waals surface area (Å²) < 4.78 is 28.1. The topological polar surface area (TPSA) is 111 Å². The molecule has 9 heteroatoms. The second kappa shape index (κ2) is 7.83. The maximum atomic E-state index is 12.3. The van der Waals surface area contributed by atoms with E-state index in [1.165, 1.54) is 23.5 Å². The Morgan fingerprint density at radius 2 is 2.12 bits per heavy atom. The first-order valence-corrected chi connectivity index (χ1v) is 10.7. The van der Waals surface area contributed by atoms with Crippen LogP contribution >= 0.6 is 11.3 Å². The van der Waals surface area contributed by atoms with Crippen LogP contribution in [0.1, 0.15) is 30.2 Å². The number of carbonyl (C=O) groups is 1. The molecular formula is C17H21N3O4S2. The molecule has 1 aromatic heterocycles. The summed E-state index contributed by atoms with van der Waals surface area (Å²) >= 11 is 1.39. The van der Waals surface area contributed by atoms with Gasteiger partial charge in [0.15, 0.2) is 5.13 Å². The maximum Gasteiger partial charge on any atom is 0.255 e. The molecule has 3 N–H and O–H groups in total. The van der Waals surface area contributed by atoms with E-state index in [4.69, 9.17) is 9.88 Å². The van der Waals surface area contributed by atoms with Crippen molar-refractivity contribution in [1.29, 1.82) is 0 Å². The zero-order valence-corrected chi connectivity index (χ0v) is 16.0. The summed E-state index contributed by atoms with van der Waals surface area (Å²) in [5, 5.41) is 8.46. The smallest absolute Gasteiger partial charge is 0.255 e. The molecule has 2 heterocycles. The van der Waals surface area contributed by atoms with Gasteiger partial charge >= 0.3 is 0 Å². The number of sulfonamides is 1. The Morgan fingerprint density at radius 1 is 1.38 bits per heavy atom. The summed E-state index contributed by atoms with van der Waals surface area (Å²) in [5.41, 5.74) is 0.934.